The van der Waals surface area contributed by atoms with E-state index in [1.165, 1.54) is 37.4 Å². The minimum atomic E-state index is -4.12. The number of esters is 2. The van der Waals surface area contributed by atoms with Crippen molar-refractivity contribution in [1.82, 2.24) is 0 Å². The summed E-state index contributed by atoms with van der Waals surface area (Å²) in [7, 11) is -2.94. The standard InChI is InChI=1S/C31H27NO7S/c1-37-30(33)28(20-10-9-11-21(18-20)39-40(35,36)22-12-3-2-4-13-22)29(32)31(34)38-19-27-25-16-7-5-14-23(25)24-15-6-8-17-26(24)27/h2-18,27-29H,19,32H2,1H3. The van der Waals surface area contributed by atoms with Gasteiger partial charge in [-0.15, -0.1) is 0 Å². The fraction of sp³-hybridized carbons (Fsp3) is 0.161. The van der Waals surface area contributed by atoms with E-state index in [1.807, 2.05) is 48.5 Å². The molecule has 0 spiro atoms. The maximum Gasteiger partial charge on any atom is 0.339 e. The number of benzene rings is 4. The summed E-state index contributed by atoms with van der Waals surface area (Å²) >= 11 is 0. The van der Waals surface area contributed by atoms with E-state index in [-0.39, 0.29) is 28.7 Å². The van der Waals surface area contributed by atoms with Crippen molar-refractivity contribution >= 4 is 22.1 Å². The Morgan fingerprint density at radius 3 is 2.02 bits per heavy atom. The Hall–Kier alpha value is -4.47. The molecule has 0 fully saturated rings. The quantitative estimate of drug-likeness (QED) is 0.238. The molecule has 204 valence electrons. The summed E-state index contributed by atoms with van der Waals surface area (Å²) in [6, 6.07) is 27.9. The van der Waals surface area contributed by atoms with Gasteiger partial charge < -0.3 is 19.4 Å². The van der Waals surface area contributed by atoms with E-state index in [1.54, 1.807) is 24.3 Å². The van der Waals surface area contributed by atoms with Crippen LogP contribution in [-0.4, -0.2) is 40.1 Å². The van der Waals surface area contributed by atoms with E-state index in [0.717, 1.165) is 22.3 Å². The van der Waals surface area contributed by atoms with Gasteiger partial charge in [0.25, 0.3) is 0 Å². The van der Waals surface area contributed by atoms with Crippen LogP contribution in [0.1, 0.15) is 28.5 Å². The fourth-order valence-corrected chi connectivity index (χ4v) is 5.92. The van der Waals surface area contributed by atoms with Gasteiger partial charge in [0.1, 0.15) is 29.2 Å². The van der Waals surface area contributed by atoms with Crippen LogP contribution in [0.15, 0.2) is 108 Å². The molecule has 9 heteroatoms. The molecule has 5 rings (SSSR count). The van der Waals surface area contributed by atoms with Gasteiger partial charge >= 0.3 is 22.1 Å². The van der Waals surface area contributed by atoms with Crippen LogP contribution in [0.4, 0.5) is 0 Å². The van der Waals surface area contributed by atoms with Crippen LogP contribution < -0.4 is 9.92 Å². The Morgan fingerprint density at radius 2 is 1.40 bits per heavy atom. The van der Waals surface area contributed by atoms with Crippen LogP contribution >= 0.6 is 0 Å². The summed E-state index contributed by atoms with van der Waals surface area (Å²) in [5, 5.41) is 0. The Balaban J connectivity index is 1.35. The second kappa shape index (κ2) is 11.3. The molecule has 0 amide bonds. The first-order chi connectivity index (χ1) is 19.3. The zero-order chi connectivity index (χ0) is 28.3. The number of hydrogen-bond donors (Lipinski definition) is 1. The predicted octanol–water partition coefficient (Wildman–Crippen LogP) is 4.39. The summed E-state index contributed by atoms with van der Waals surface area (Å²) in [5.74, 6) is -3.05. The lowest BCUT2D eigenvalue weighted by Gasteiger charge is -2.22. The van der Waals surface area contributed by atoms with E-state index in [4.69, 9.17) is 19.4 Å². The molecule has 8 nitrogen and oxygen atoms in total. The second-order valence-electron chi connectivity index (χ2n) is 9.31. The lowest BCUT2D eigenvalue weighted by Crippen LogP contribution is -2.42. The van der Waals surface area contributed by atoms with Gasteiger partial charge in [-0.05, 0) is 52.1 Å². The molecule has 0 saturated heterocycles. The molecular formula is C31H27NO7S. The highest BCUT2D eigenvalue weighted by Gasteiger charge is 2.36. The summed E-state index contributed by atoms with van der Waals surface area (Å²) < 4.78 is 41.3. The summed E-state index contributed by atoms with van der Waals surface area (Å²) in [5.41, 5.74) is 10.8. The highest BCUT2D eigenvalue weighted by molar-refractivity contribution is 7.87. The van der Waals surface area contributed by atoms with Crippen molar-refractivity contribution in [2.45, 2.75) is 22.8 Å². The second-order valence-corrected chi connectivity index (χ2v) is 10.9. The van der Waals surface area contributed by atoms with E-state index in [0.29, 0.717) is 0 Å². The average molecular weight is 558 g/mol. The average Bonchev–Trinajstić information content (AvgIpc) is 3.30. The van der Waals surface area contributed by atoms with Gasteiger partial charge in [-0.2, -0.15) is 8.42 Å². The molecule has 0 radical (unpaired) electrons. The molecule has 0 aromatic heterocycles. The molecule has 0 heterocycles. The maximum atomic E-state index is 13.2. The summed E-state index contributed by atoms with van der Waals surface area (Å²) in [4.78, 5) is 25.9. The molecular weight excluding hydrogens is 530 g/mol. The van der Waals surface area contributed by atoms with Crippen molar-refractivity contribution in [1.29, 1.82) is 0 Å². The number of carbonyl (C=O) groups excluding carboxylic acids is 2. The number of rotatable bonds is 9. The van der Waals surface area contributed by atoms with Crippen LogP contribution in [0.2, 0.25) is 0 Å². The van der Waals surface area contributed by atoms with Crippen LogP contribution in [0.3, 0.4) is 0 Å². The van der Waals surface area contributed by atoms with Crippen LogP contribution in [0, 0.1) is 0 Å². The van der Waals surface area contributed by atoms with Gasteiger partial charge in [-0.1, -0.05) is 78.9 Å². The Kier molecular flexibility index (Phi) is 7.68. The Morgan fingerprint density at radius 1 is 0.800 bits per heavy atom. The number of methoxy groups -OCH3 is 1. The molecule has 4 aromatic carbocycles. The molecule has 4 aromatic rings. The molecule has 1 aliphatic carbocycles. The first-order valence-corrected chi connectivity index (χ1v) is 14.0. The SMILES string of the molecule is COC(=O)C(c1cccc(OS(=O)(=O)c2ccccc2)c1)C(N)C(=O)OCC1c2ccccc2-c2ccccc21. The van der Waals surface area contributed by atoms with Crippen molar-refractivity contribution in [3.63, 3.8) is 0 Å². The molecule has 0 aliphatic heterocycles. The highest BCUT2D eigenvalue weighted by atomic mass is 32.2. The third-order valence-electron chi connectivity index (χ3n) is 6.90. The van der Waals surface area contributed by atoms with E-state index < -0.39 is 34.0 Å². The normalized spacial score (nSPS) is 13.9. The van der Waals surface area contributed by atoms with Crippen LogP contribution in [0.5, 0.6) is 5.75 Å². The third-order valence-corrected chi connectivity index (χ3v) is 8.16. The molecule has 0 bridgehead atoms. The van der Waals surface area contributed by atoms with E-state index in [9.17, 15) is 18.0 Å². The molecule has 2 N–H and O–H groups in total. The van der Waals surface area contributed by atoms with Crippen molar-refractivity contribution in [2.24, 2.45) is 5.73 Å². The van der Waals surface area contributed by atoms with Crippen molar-refractivity contribution < 1.29 is 31.7 Å². The minimum Gasteiger partial charge on any atom is -0.468 e. The number of hydrogen-bond acceptors (Lipinski definition) is 8. The first-order valence-electron chi connectivity index (χ1n) is 12.6. The van der Waals surface area contributed by atoms with E-state index in [2.05, 4.69) is 0 Å². The summed E-state index contributed by atoms with van der Waals surface area (Å²) in [6.07, 6.45) is 0. The molecule has 40 heavy (non-hydrogen) atoms. The Bertz CT molecular complexity index is 1610. The molecule has 0 saturated carbocycles. The Labute approximate surface area is 232 Å². The van der Waals surface area contributed by atoms with Gasteiger partial charge in [-0.3, -0.25) is 9.59 Å². The van der Waals surface area contributed by atoms with Gasteiger partial charge in [0.05, 0.1) is 7.11 Å². The summed E-state index contributed by atoms with van der Waals surface area (Å²) in [6.45, 7) is 0.0346. The fourth-order valence-electron chi connectivity index (χ4n) is 4.98. The largest absolute Gasteiger partial charge is 0.468 e. The van der Waals surface area contributed by atoms with Crippen molar-refractivity contribution in [3.8, 4) is 16.9 Å². The zero-order valence-electron chi connectivity index (χ0n) is 21.6. The van der Waals surface area contributed by atoms with Gasteiger partial charge in [-0.25, -0.2) is 0 Å². The zero-order valence-corrected chi connectivity index (χ0v) is 22.4. The number of ether oxygens (including phenoxy) is 2. The highest BCUT2D eigenvalue weighted by Crippen LogP contribution is 2.44. The lowest BCUT2D eigenvalue weighted by molar-refractivity contribution is -0.152. The molecule has 1 aliphatic rings. The van der Waals surface area contributed by atoms with Crippen molar-refractivity contribution in [3.05, 3.63) is 120 Å². The maximum absolute atomic E-state index is 13.2. The topological polar surface area (TPSA) is 122 Å². The molecule has 2 atom stereocenters. The number of fused-ring (bicyclic) bond motifs is 3. The van der Waals surface area contributed by atoms with Crippen LogP contribution in [-0.2, 0) is 29.2 Å². The van der Waals surface area contributed by atoms with Gasteiger partial charge in [0, 0.05) is 5.92 Å². The number of carbonyl (C=O) groups is 2. The van der Waals surface area contributed by atoms with Crippen LogP contribution in [0.25, 0.3) is 11.1 Å². The first kappa shape index (κ1) is 27.1. The van der Waals surface area contributed by atoms with E-state index >= 15 is 0 Å². The smallest absolute Gasteiger partial charge is 0.339 e. The number of nitrogens with two attached hydrogens (primary N) is 1. The molecule has 2 unspecified atom stereocenters. The van der Waals surface area contributed by atoms with Gasteiger partial charge in [0.2, 0.25) is 0 Å². The lowest BCUT2D eigenvalue weighted by atomic mass is 9.91. The van der Waals surface area contributed by atoms with Crippen molar-refractivity contribution in [2.75, 3.05) is 13.7 Å². The predicted molar refractivity (Wildman–Crippen MR) is 148 cm³/mol. The minimum absolute atomic E-state index is 0.0275. The van der Waals surface area contributed by atoms with Gasteiger partial charge in [0.15, 0.2) is 0 Å². The monoisotopic (exact) mass is 557 g/mol. The third kappa shape index (κ3) is 5.34.